The van der Waals surface area contributed by atoms with Gasteiger partial charge in [0.25, 0.3) is 11.8 Å². The van der Waals surface area contributed by atoms with Crippen LogP contribution in [0, 0.1) is 0 Å². The van der Waals surface area contributed by atoms with Gasteiger partial charge in [-0.1, -0.05) is 74.5 Å². The van der Waals surface area contributed by atoms with E-state index in [-0.39, 0.29) is 11.6 Å². The van der Waals surface area contributed by atoms with E-state index < -0.39 is 17.1 Å². The summed E-state index contributed by atoms with van der Waals surface area (Å²) in [6.07, 6.45) is 1.66. The Morgan fingerprint density at radius 1 is 0.854 bits per heavy atom. The molecule has 0 radical (unpaired) electrons. The van der Waals surface area contributed by atoms with E-state index in [0.717, 1.165) is 27.5 Å². The largest absolute Gasteiger partial charge is 0.497 e. The summed E-state index contributed by atoms with van der Waals surface area (Å²) in [4.78, 5) is 45.0. The van der Waals surface area contributed by atoms with Crippen LogP contribution in [0.5, 0.6) is 5.75 Å². The maximum absolute atomic E-state index is 13.6. The number of hydrogen-bond donors (Lipinski definition) is 3. The Morgan fingerprint density at radius 3 is 2.33 bits per heavy atom. The molecule has 0 aliphatic rings. The van der Waals surface area contributed by atoms with Gasteiger partial charge in [-0.05, 0) is 72.5 Å². The van der Waals surface area contributed by atoms with Crippen molar-refractivity contribution in [1.82, 2.24) is 10.3 Å². The second-order valence-electron chi connectivity index (χ2n) is 11.2. The summed E-state index contributed by atoms with van der Waals surface area (Å²) in [6, 6.07) is 31.4. The molecular formula is C38H36N4O4S2. The highest BCUT2D eigenvalue weighted by Gasteiger charge is 2.19. The zero-order valence-corrected chi connectivity index (χ0v) is 28.7. The van der Waals surface area contributed by atoms with Crippen molar-refractivity contribution in [3.63, 3.8) is 0 Å². The summed E-state index contributed by atoms with van der Waals surface area (Å²) in [5, 5.41) is 10.5. The predicted octanol–water partition coefficient (Wildman–Crippen LogP) is 8.47. The Kier molecular flexibility index (Phi) is 11.4. The van der Waals surface area contributed by atoms with Crippen molar-refractivity contribution >= 4 is 57.7 Å². The van der Waals surface area contributed by atoms with E-state index >= 15 is 0 Å². The number of carbonyl (C=O) groups is 3. The first-order chi connectivity index (χ1) is 23.2. The Morgan fingerprint density at radius 2 is 1.60 bits per heavy atom. The normalized spacial score (nSPS) is 11.9. The molecule has 1 heterocycles. The number of hydrogen-bond acceptors (Lipinski definition) is 7. The third-order valence-corrected chi connectivity index (χ3v) is 9.17. The standard InChI is InChI=1S/C38H36N4O4S2/c1-24(2)27-18-16-26(17-19-27)20-33(40-36(44)28-10-6-5-7-11-28)37(45)39-30-13-9-15-32(22-30)48-25(3)35(43)42-38-41-34(23-47-38)29-12-8-14-31(21-29)46-4/h5-25H,1-4H3,(H,39,45)(H,40,44)(H,41,42,43)/b33-20+. The van der Waals surface area contributed by atoms with Crippen LogP contribution in [0.2, 0.25) is 0 Å². The van der Waals surface area contributed by atoms with E-state index in [2.05, 4.69) is 34.8 Å². The number of rotatable bonds is 12. The highest BCUT2D eigenvalue weighted by Crippen LogP contribution is 2.30. The number of nitrogens with zero attached hydrogens (tertiary/aromatic N) is 1. The second-order valence-corrected chi connectivity index (χ2v) is 13.5. The zero-order chi connectivity index (χ0) is 34.0. The predicted molar refractivity (Wildman–Crippen MR) is 196 cm³/mol. The van der Waals surface area contributed by atoms with Crippen molar-refractivity contribution in [2.75, 3.05) is 17.7 Å². The lowest BCUT2D eigenvalue weighted by Gasteiger charge is -2.14. The van der Waals surface area contributed by atoms with E-state index in [4.69, 9.17) is 4.74 Å². The average molecular weight is 677 g/mol. The van der Waals surface area contributed by atoms with Crippen molar-refractivity contribution < 1.29 is 19.1 Å². The van der Waals surface area contributed by atoms with Crippen LogP contribution in [0.25, 0.3) is 17.3 Å². The topological polar surface area (TPSA) is 109 Å². The molecule has 8 nitrogen and oxygen atoms in total. The highest BCUT2D eigenvalue weighted by molar-refractivity contribution is 8.00. The first-order valence-corrected chi connectivity index (χ1v) is 17.1. The molecule has 0 fully saturated rings. The SMILES string of the molecule is COc1cccc(-c2csc(NC(=O)C(C)Sc3cccc(NC(=O)/C(=C\c4ccc(C(C)C)cc4)NC(=O)c4ccccc4)c3)n2)c1. The molecule has 5 rings (SSSR count). The number of thiazole rings is 1. The van der Waals surface area contributed by atoms with Gasteiger partial charge in [0, 0.05) is 27.1 Å². The summed E-state index contributed by atoms with van der Waals surface area (Å²) >= 11 is 2.71. The summed E-state index contributed by atoms with van der Waals surface area (Å²) < 4.78 is 5.30. The molecule has 10 heteroatoms. The maximum Gasteiger partial charge on any atom is 0.272 e. The first-order valence-electron chi connectivity index (χ1n) is 15.4. The monoisotopic (exact) mass is 676 g/mol. The van der Waals surface area contributed by atoms with Crippen molar-refractivity contribution in [2.45, 2.75) is 36.8 Å². The molecule has 3 N–H and O–H groups in total. The number of carbonyl (C=O) groups excluding carboxylic acids is 3. The Bertz CT molecular complexity index is 1920. The molecule has 5 aromatic rings. The fourth-order valence-corrected chi connectivity index (χ4v) is 6.29. The molecule has 244 valence electrons. The van der Waals surface area contributed by atoms with Gasteiger partial charge in [0.05, 0.1) is 18.1 Å². The van der Waals surface area contributed by atoms with Gasteiger partial charge < -0.3 is 20.7 Å². The number of ether oxygens (including phenoxy) is 1. The Labute approximate surface area is 288 Å². The van der Waals surface area contributed by atoms with Crippen LogP contribution in [-0.2, 0) is 9.59 Å². The number of nitrogens with one attached hydrogen (secondary N) is 3. The fraction of sp³-hybridized carbons (Fsp3) is 0.158. The molecule has 1 unspecified atom stereocenters. The van der Waals surface area contributed by atoms with E-state index in [0.29, 0.717) is 22.3 Å². The molecule has 0 spiro atoms. The van der Waals surface area contributed by atoms with Crippen molar-refractivity contribution in [2.24, 2.45) is 0 Å². The average Bonchev–Trinajstić information content (AvgIpc) is 3.57. The van der Waals surface area contributed by atoms with Crippen LogP contribution in [0.3, 0.4) is 0 Å². The second kappa shape index (κ2) is 16.1. The number of aromatic nitrogens is 1. The summed E-state index contributed by atoms with van der Waals surface area (Å²) in [5.74, 6) is 0.0346. The van der Waals surface area contributed by atoms with Gasteiger partial charge in [0.15, 0.2) is 5.13 Å². The number of thioether (sulfide) groups is 1. The van der Waals surface area contributed by atoms with Gasteiger partial charge in [-0.2, -0.15) is 0 Å². The van der Waals surface area contributed by atoms with Gasteiger partial charge in [-0.3, -0.25) is 14.4 Å². The number of benzene rings is 4. The van der Waals surface area contributed by atoms with Gasteiger partial charge in [-0.25, -0.2) is 4.98 Å². The van der Waals surface area contributed by atoms with Gasteiger partial charge in [-0.15, -0.1) is 23.1 Å². The molecule has 0 bridgehead atoms. The number of amides is 3. The van der Waals surface area contributed by atoms with Gasteiger partial charge >= 0.3 is 0 Å². The smallest absolute Gasteiger partial charge is 0.272 e. The lowest BCUT2D eigenvalue weighted by Crippen LogP contribution is -2.30. The third kappa shape index (κ3) is 9.21. The van der Waals surface area contributed by atoms with Crippen LogP contribution < -0.4 is 20.7 Å². The molecule has 0 saturated carbocycles. The minimum Gasteiger partial charge on any atom is -0.497 e. The Balaban J connectivity index is 1.26. The van der Waals surface area contributed by atoms with E-state index in [1.165, 1.54) is 28.7 Å². The van der Waals surface area contributed by atoms with Crippen LogP contribution in [0.1, 0.15) is 48.2 Å². The van der Waals surface area contributed by atoms with Crippen LogP contribution >= 0.6 is 23.1 Å². The van der Waals surface area contributed by atoms with Crippen LogP contribution in [0.4, 0.5) is 10.8 Å². The zero-order valence-electron chi connectivity index (χ0n) is 27.0. The maximum atomic E-state index is 13.6. The van der Waals surface area contributed by atoms with Gasteiger partial charge in [0.1, 0.15) is 11.4 Å². The molecule has 1 aromatic heterocycles. The fourth-order valence-electron chi connectivity index (χ4n) is 4.64. The van der Waals surface area contributed by atoms with E-state index in [1.54, 1.807) is 55.7 Å². The minimum absolute atomic E-state index is 0.101. The number of methoxy groups -OCH3 is 1. The summed E-state index contributed by atoms with van der Waals surface area (Å²) in [7, 11) is 1.61. The molecule has 4 aromatic carbocycles. The third-order valence-electron chi connectivity index (χ3n) is 7.32. The van der Waals surface area contributed by atoms with E-state index in [9.17, 15) is 14.4 Å². The lowest BCUT2D eigenvalue weighted by molar-refractivity contribution is -0.115. The molecule has 0 saturated heterocycles. The van der Waals surface area contributed by atoms with Crippen molar-refractivity contribution in [1.29, 1.82) is 0 Å². The summed E-state index contributed by atoms with van der Waals surface area (Å²) in [6.45, 7) is 6.04. The van der Waals surface area contributed by atoms with E-state index in [1.807, 2.05) is 73.0 Å². The molecule has 0 aliphatic heterocycles. The van der Waals surface area contributed by atoms with Crippen molar-refractivity contribution in [3.05, 3.63) is 131 Å². The highest BCUT2D eigenvalue weighted by atomic mass is 32.2. The van der Waals surface area contributed by atoms with Crippen LogP contribution in [-0.4, -0.2) is 35.1 Å². The quantitative estimate of drug-likeness (QED) is 0.0904. The van der Waals surface area contributed by atoms with Crippen molar-refractivity contribution in [3.8, 4) is 17.0 Å². The molecule has 1 atom stereocenters. The minimum atomic E-state index is -0.476. The molecular weight excluding hydrogens is 641 g/mol. The molecule has 0 aliphatic carbocycles. The first kappa shape index (κ1) is 34.2. The number of anilines is 2. The van der Waals surface area contributed by atoms with Crippen LogP contribution in [0.15, 0.2) is 119 Å². The van der Waals surface area contributed by atoms with Gasteiger partial charge in [0.2, 0.25) is 5.91 Å². The Hall–Kier alpha value is -5.19. The molecule has 3 amide bonds. The molecule has 48 heavy (non-hydrogen) atoms. The lowest BCUT2D eigenvalue weighted by atomic mass is 10.0. The summed E-state index contributed by atoms with van der Waals surface area (Å²) in [5.41, 5.74) is 4.66.